The Hall–Kier alpha value is -2.58. The fourth-order valence-electron chi connectivity index (χ4n) is 2.61. The van der Waals surface area contributed by atoms with Crippen molar-refractivity contribution >= 4 is 0 Å². The molecule has 0 aliphatic carbocycles. The molecule has 0 radical (unpaired) electrons. The summed E-state index contributed by atoms with van der Waals surface area (Å²) in [6.07, 6.45) is 0. The van der Waals surface area contributed by atoms with E-state index in [-0.39, 0.29) is 11.6 Å². The molecule has 1 atom stereocenters. The van der Waals surface area contributed by atoms with Crippen LogP contribution in [0.3, 0.4) is 0 Å². The topological polar surface area (TPSA) is 54.3 Å². The maximum atomic E-state index is 13.4. The van der Waals surface area contributed by atoms with E-state index in [9.17, 15) is 4.39 Å². The Balaban J connectivity index is 2.15. The van der Waals surface area contributed by atoms with E-state index in [0.29, 0.717) is 18.0 Å². The van der Waals surface area contributed by atoms with E-state index in [1.54, 1.807) is 26.4 Å². The van der Waals surface area contributed by atoms with Gasteiger partial charge in [0.2, 0.25) is 0 Å². The zero-order valence-corrected chi connectivity index (χ0v) is 14.3. The molecule has 0 aliphatic heterocycles. The molecule has 0 amide bonds. The van der Waals surface area contributed by atoms with E-state index in [2.05, 4.69) is 5.32 Å². The van der Waals surface area contributed by atoms with E-state index >= 15 is 0 Å². The predicted molar refractivity (Wildman–Crippen MR) is 90.7 cm³/mol. The normalized spacial score (nSPS) is 11.7. The van der Waals surface area contributed by atoms with Crippen LogP contribution in [0.2, 0.25) is 0 Å². The minimum Gasteiger partial charge on any atom is -0.493 e. The third-order valence-electron chi connectivity index (χ3n) is 4.00. The lowest BCUT2D eigenvalue weighted by molar-refractivity contribution is 0.353. The van der Waals surface area contributed by atoms with Gasteiger partial charge in [-0.1, -0.05) is 6.07 Å². The first-order chi connectivity index (χ1) is 11.5. The van der Waals surface area contributed by atoms with Crippen LogP contribution in [0, 0.1) is 24.1 Å². The van der Waals surface area contributed by atoms with Gasteiger partial charge >= 0.3 is 0 Å². The number of hydrogen-bond donors (Lipinski definition) is 1. The number of nitriles is 1. The van der Waals surface area contributed by atoms with Gasteiger partial charge in [-0.15, -0.1) is 0 Å². The zero-order chi connectivity index (χ0) is 17.7. The summed E-state index contributed by atoms with van der Waals surface area (Å²) in [5.74, 6) is 0.883. The fourth-order valence-corrected chi connectivity index (χ4v) is 2.61. The molecule has 126 valence electrons. The quantitative estimate of drug-likeness (QED) is 0.874. The molecule has 2 rings (SSSR count). The van der Waals surface area contributed by atoms with Crippen LogP contribution in [-0.4, -0.2) is 14.2 Å². The van der Waals surface area contributed by atoms with Crippen LogP contribution in [0.1, 0.15) is 35.2 Å². The van der Waals surface area contributed by atoms with Crippen molar-refractivity contribution in [1.29, 1.82) is 5.26 Å². The minimum absolute atomic E-state index is 0.0559. The predicted octanol–water partition coefficient (Wildman–Crippen LogP) is 3.87. The van der Waals surface area contributed by atoms with Crippen molar-refractivity contribution in [1.82, 2.24) is 5.32 Å². The summed E-state index contributed by atoms with van der Waals surface area (Å²) in [6, 6.07) is 10.4. The molecular formula is C19H21FN2O2. The standard InChI is InChI=1S/C19H21FN2O2/c1-12-7-18(23-3)19(24-4)9-16(12)13(2)22-11-14-5-6-17(20)15(8-14)10-21/h5-9,13,22H,11H2,1-4H3/t13-/m1/s1. The maximum Gasteiger partial charge on any atom is 0.161 e. The van der Waals surface area contributed by atoms with Crippen molar-refractivity contribution in [2.45, 2.75) is 26.4 Å². The Morgan fingerprint density at radius 1 is 1.17 bits per heavy atom. The second kappa shape index (κ2) is 7.80. The van der Waals surface area contributed by atoms with E-state index in [1.807, 2.05) is 32.0 Å². The lowest BCUT2D eigenvalue weighted by atomic mass is 10.0. The molecule has 0 fully saturated rings. The van der Waals surface area contributed by atoms with Gasteiger partial charge in [-0.3, -0.25) is 0 Å². The first kappa shape index (κ1) is 17.8. The van der Waals surface area contributed by atoms with Gasteiger partial charge in [-0.05, 0) is 54.8 Å². The third kappa shape index (κ3) is 3.84. The van der Waals surface area contributed by atoms with Gasteiger partial charge in [0.05, 0.1) is 19.8 Å². The van der Waals surface area contributed by atoms with Gasteiger partial charge in [-0.25, -0.2) is 4.39 Å². The van der Waals surface area contributed by atoms with Crippen molar-refractivity contribution in [2.24, 2.45) is 0 Å². The Morgan fingerprint density at radius 3 is 2.46 bits per heavy atom. The molecule has 5 heteroatoms. The van der Waals surface area contributed by atoms with E-state index in [4.69, 9.17) is 14.7 Å². The summed E-state index contributed by atoms with van der Waals surface area (Å²) in [5, 5.41) is 12.3. The van der Waals surface area contributed by atoms with Crippen LogP contribution in [-0.2, 0) is 6.54 Å². The summed E-state index contributed by atoms with van der Waals surface area (Å²) < 4.78 is 24.0. The summed E-state index contributed by atoms with van der Waals surface area (Å²) in [7, 11) is 3.22. The van der Waals surface area contributed by atoms with Crippen LogP contribution in [0.5, 0.6) is 11.5 Å². The average molecular weight is 328 g/mol. The average Bonchev–Trinajstić information content (AvgIpc) is 2.60. The van der Waals surface area contributed by atoms with E-state index in [1.165, 1.54) is 6.07 Å². The number of halogens is 1. The van der Waals surface area contributed by atoms with Crippen LogP contribution >= 0.6 is 0 Å². The SMILES string of the molecule is COc1cc(C)c([C@@H](C)NCc2ccc(F)c(C#N)c2)cc1OC. The molecule has 0 heterocycles. The van der Waals surface area contributed by atoms with Gasteiger partial charge in [0.15, 0.2) is 11.5 Å². The van der Waals surface area contributed by atoms with E-state index < -0.39 is 5.82 Å². The number of ether oxygens (including phenoxy) is 2. The molecule has 0 saturated heterocycles. The molecule has 0 saturated carbocycles. The highest BCUT2D eigenvalue weighted by Crippen LogP contribution is 2.32. The van der Waals surface area contributed by atoms with Gasteiger partial charge in [-0.2, -0.15) is 5.26 Å². The highest BCUT2D eigenvalue weighted by molar-refractivity contribution is 5.48. The van der Waals surface area contributed by atoms with Crippen LogP contribution in [0.15, 0.2) is 30.3 Å². The monoisotopic (exact) mass is 328 g/mol. The van der Waals surface area contributed by atoms with Gasteiger partial charge in [0.1, 0.15) is 11.9 Å². The lowest BCUT2D eigenvalue weighted by Crippen LogP contribution is -2.19. The minimum atomic E-state index is -0.495. The molecule has 0 aliphatic rings. The second-order valence-corrected chi connectivity index (χ2v) is 5.59. The number of nitrogens with one attached hydrogen (secondary N) is 1. The molecule has 2 aromatic carbocycles. The van der Waals surface area contributed by atoms with E-state index in [0.717, 1.165) is 16.7 Å². The number of nitrogens with zero attached hydrogens (tertiary/aromatic N) is 1. The Kier molecular flexibility index (Phi) is 5.78. The molecule has 0 unspecified atom stereocenters. The third-order valence-corrected chi connectivity index (χ3v) is 4.00. The maximum absolute atomic E-state index is 13.4. The summed E-state index contributed by atoms with van der Waals surface area (Å²) in [5.41, 5.74) is 3.10. The molecule has 24 heavy (non-hydrogen) atoms. The first-order valence-corrected chi connectivity index (χ1v) is 7.64. The zero-order valence-electron chi connectivity index (χ0n) is 14.3. The first-order valence-electron chi connectivity index (χ1n) is 7.64. The smallest absolute Gasteiger partial charge is 0.161 e. The molecule has 0 aromatic heterocycles. The highest BCUT2D eigenvalue weighted by atomic mass is 19.1. The lowest BCUT2D eigenvalue weighted by Gasteiger charge is -2.19. The van der Waals surface area contributed by atoms with Crippen LogP contribution in [0.25, 0.3) is 0 Å². The molecule has 0 bridgehead atoms. The van der Waals surface area contributed by atoms with Gasteiger partial charge < -0.3 is 14.8 Å². The largest absolute Gasteiger partial charge is 0.493 e. The molecule has 1 N–H and O–H groups in total. The summed E-state index contributed by atoms with van der Waals surface area (Å²) >= 11 is 0. The van der Waals surface area contributed by atoms with Crippen LogP contribution < -0.4 is 14.8 Å². The van der Waals surface area contributed by atoms with Crippen molar-refractivity contribution in [3.63, 3.8) is 0 Å². The Morgan fingerprint density at radius 2 is 1.83 bits per heavy atom. The van der Waals surface area contributed by atoms with Crippen molar-refractivity contribution in [3.05, 3.63) is 58.4 Å². The molecule has 0 spiro atoms. The van der Waals surface area contributed by atoms with Gasteiger partial charge in [0.25, 0.3) is 0 Å². The molecule has 2 aromatic rings. The van der Waals surface area contributed by atoms with Gasteiger partial charge in [0, 0.05) is 12.6 Å². The van der Waals surface area contributed by atoms with Crippen molar-refractivity contribution < 1.29 is 13.9 Å². The summed E-state index contributed by atoms with van der Waals surface area (Å²) in [4.78, 5) is 0. The summed E-state index contributed by atoms with van der Waals surface area (Å²) in [6.45, 7) is 4.59. The van der Waals surface area contributed by atoms with Crippen molar-refractivity contribution in [3.8, 4) is 17.6 Å². The fraction of sp³-hybridized carbons (Fsp3) is 0.316. The van der Waals surface area contributed by atoms with Crippen LogP contribution in [0.4, 0.5) is 4.39 Å². The number of aryl methyl sites for hydroxylation is 1. The number of hydrogen-bond acceptors (Lipinski definition) is 4. The number of methoxy groups -OCH3 is 2. The second-order valence-electron chi connectivity index (χ2n) is 5.59. The number of benzene rings is 2. The number of rotatable bonds is 6. The molecular weight excluding hydrogens is 307 g/mol. The molecule has 4 nitrogen and oxygen atoms in total. The Labute approximate surface area is 141 Å². The highest BCUT2D eigenvalue weighted by Gasteiger charge is 2.14. The van der Waals surface area contributed by atoms with Crippen molar-refractivity contribution in [2.75, 3.05) is 14.2 Å². The Bertz CT molecular complexity index is 769.